The number of rotatable bonds is 8. The molecule has 122 valence electrons. The summed E-state index contributed by atoms with van der Waals surface area (Å²) >= 11 is 0. The minimum Gasteiger partial charge on any atom is -0.312 e. The van der Waals surface area contributed by atoms with Crippen molar-refractivity contribution in [1.82, 2.24) is 14.3 Å². The lowest BCUT2D eigenvalue weighted by Gasteiger charge is -2.35. The average molecular weight is 315 g/mol. The summed E-state index contributed by atoms with van der Waals surface area (Å²) in [5, 5.41) is 3.49. The van der Waals surface area contributed by atoms with E-state index in [1.165, 1.54) is 25.7 Å². The Balaban J connectivity index is 1.57. The van der Waals surface area contributed by atoms with Gasteiger partial charge in [0.05, 0.1) is 0 Å². The summed E-state index contributed by atoms with van der Waals surface area (Å²) in [4.78, 5) is 0. The topological polar surface area (TPSA) is 61.4 Å². The van der Waals surface area contributed by atoms with Crippen molar-refractivity contribution in [3.63, 3.8) is 0 Å². The Morgan fingerprint density at radius 1 is 1.19 bits per heavy atom. The molecule has 3 aliphatic rings. The molecule has 2 saturated carbocycles. The fraction of sp³-hybridized carbons (Fsp3) is 1.00. The van der Waals surface area contributed by atoms with E-state index in [0.717, 1.165) is 32.2 Å². The van der Waals surface area contributed by atoms with Crippen molar-refractivity contribution in [2.45, 2.75) is 70.4 Å². The Morgan fingerprint density at radius 3 is 2.57 bits per heavy atom. The third kappa shape index (κ3) is 3.97. The molecule has 1 aliphatic heterocycles. The van der Waals surface area contributed by atoms with E-state index in [0.29, 0.717) is 19.1 Å². The minimum absolute atomic E-state index is 0.133. The molecule has 5 nitrogen and oxygen atoms in total. The van der Waals surface area contributed by atoms with Gasteiger partial charge in [0.1, 0.15) is 0 Å². The highest BCUT2D eigenvalue weighted by atomic mass is 32.2. The lowest BCUT2D eigenvalue weighted by molar-refractivity contribution is 0.241. The van der Waals surface area contributed by atoms with Gasteiger partial charge in [0.2, 0.25) is 0 Å². The molecule has 0 aromatic carbocycles. The third-order valence-corrected chi connectivity index (χ3v) is 7.05. The monoisotopic (exact) mass is 315 g/mol. The number of piperidine rings is 1. The largest absolute Gasteiger partial charge is 0.312 e. The summed E-state index contributed by atoms with van der Waals surface area (Å²) in [7, 11) is -3.32. The molecule has 3 rings (SSSR count). The second-order valence-electron chi connectivity index (χ2n) is 7.12. The number of hydrogen-bond acceptors (Lipinski definition) is 3. The second-order valence-corrected chi connectivity index (χ2v) is 8.83. The average Bonchev–Trinajstić information content (AvgIpc) is 3.39. The van der Waals surface area contributed by atoms with Crippen LogP contribution in [0.25, 0.3) is 0 Å². The van der Waals surface area contributed by atoms with Crippen LogP contribution in [0.5, 0.6) is 0 Å². The van der Waals surface area contributed by atoms with Gasteiger partial charge in [-0.2, -0.15) is 12.7 Å². The lowest BCUT2D eigenvalue weighted by Crippen LogP contribution is -2.53. The molecular weight excluding hydrogens is 286 g/mol. The van der Waals surface area contributed by atoms with Crippen LogP contribution in [0.4, 0.5) is 0 Å². The maximum absolute atomic E-state index is 12.6. The van der Waals surface area contributed by atoms with Gasteiger partial charge >= 0.3 is 0 Å². The minimum atomic E-state index is -3.32. The summed E-state index contributed by atoms with van der Waals surface area (Å²) in [5.74, 6) is 0. The van der Waals surface area contributed by atoms with E-state index in [4.69, 9.17) is 0 Å². The van der Waals surface area contributed by atoms with Crippen molar-refractivity contribution in [2.24, 2.45) is 5.41 Å². The zero-order valence-electron chi connectivity index (χ0n) is 13.1. The van der Waals surface area contributed by atoms with Crippen molar-refractivity contribution < 1.29 is 8.42 Å². The van der Waals surface area contributed by atoms with E-state index in [1.807, 2.05) is 0 Å². The number of nitrogens with zero attached hydrogens (tertiary/aromatic N) is 1. The second kappa shape index (κ2) is 6.14. The van der Waals surface area contributed by atoms with Crippen molar-refractivity contribution in [3.05, 3.63) is 0 Å². The van der Waals surface area contributed by atoms with Crippen LogP contribution >= 0.6 is 0 Å². The van der Waals surface area contributed by atoms with E-state index in [2.05, 4.69) is 17.0 Å². The lowest BCUT2D eigenvalue weighted by atomic mass is 10.1. The SMILES string of the molecule is CCC1(CNS(=O)(=O)N2CCCCC2CNC2CC2)CC1. The molecule has 6 heteroatoms. The van der Waals surface area contributed by atoms with Gasteiger partial charge < -0.3 is 5.32 Å². The van der Waals surface area contributed by atoms with Crippen molar-refractivity contribution in [3.8, 4) is 0 Å². The first kappa shape index (κ1) is 15.7. The molecular formula is C15H29N3O2S. The smallest absolute Gasteiger partial charge is 0.279 e. The number of hydrogen-bond donors (Lipinski definition) is 2. The fourth-order valence-electron chi connectivity index (χ4n) is 3.24. The maximum Gasteiger partial charge on any atom is 0.279 e. The highest BCUT2D eigenvalue weighted by Gasteiger charge is 2.42. The van der Waals surface area contributed by atoms with Crippen LogP contribution in [0.2, 0.25) is 0 Å². The van der Waals surface area contributed by atoms with E-state index in [-0.39, 0.29) is 11.5 Å². The van der Waals surface area contributed by atoms with Crippen LogP contribution in [-0.2, 0) is 10.2 Å². The molecule has 0 aromatic rings. The normalized spacial score (nSPS) is 29.5. The van der Waals surface area contributed by atoms with Crippen LogP contribution in [0.3, 0.4) is 0 Å². The molecule has 1 saturated heterocycles. The van der Waals surface area contributed by atoms with Crippen LogP contribution < -0.4 is 10.0 Å². The van der Waals surface area contributed by atoms with E-state index in [1.54, 1.807) is 4.31 Å². The van der Waals surface area contributed by atoms with Gasteiger partial charge in [0.25, 0.3) is 10.2 Å². The highest BCUT2D eigenvalue weighted by molar-refractivity contribution is 7.87. The predicted octanol–water partition coefficient (Wildman–Crippen LogP) is 1.62. The summed E-state index contributed by atoms with van der Waals surface area (Å²) in [6.45, 7) is 4.26. The molecule has 1 unspecified atom stereocenters. The maximum atomic E-state index is 12.6. The van der Waals surface area contributed by atoms with Gasteiger partial charge in [-0.3, -0.25) is 0 Å². The van der Waals surface area contributed by atoms with Crippen molar-refractivity contribution in [2.75, 3.05) is 19.6 Å². The first-order chi connectivity index (χ1) is 10.0. The van der Waals surface area contributed by atoms with Gasteiger partial charge in [-0.15, -0.1) is 0 Å². The molecule has 0 aromatic heterocycles. The first-order valence-corrected chi connectivity index (χ1v) is 9.98. The molecule has 0 spiro atoms. The molecule has 0 radical (unpaired) electrons. The first-order valence-electron chi connectivity index (χ1n) is 8.54. The quantitative estimate of drug-likeness (QED) is 0.715. The molecule has 0 amide bonds. The Labute approximate surface area is 129 Å². The standard InChI is InChI=1S/C15H29N3O2S/c1-2-15(8-9-15)12-17-21(19,20)18-10-4-3-5-14(18)11-16-13-6-7-13/h13-14,16-17H,2-12H2,1H3. The van der Waals surface area contributed by atoms with Crippen LogP contribution in [0.15, 0.2) is 0 Å². The van der Waals surface area contributed by atoms with Crippen molar-refractivity contribution in [1.29, 1.82) is 0 Å². The van der Waals surface area contributed by atoms with Gasteiger partial charge in [0.15, 0.2) is 0 Å². The summed E-state index contributed by atoms with van der Waals surface area (Å²) in [5.41, 5.74) is 0.255. The Hall–Kier alpha value is -0.170. The van der Waals surface area contributed by atoms with Crippen LogP contribution in [-0.4, -0.2) is 44.4 Å². The van der Waals surface area contributed by atoms with Gasteiger partial charge in [-0.05, 0) is 50.4 Å². The van der Waals surface area contributed by atoms with Crippen LogP contribution in [0.1, 0.15) is 58.3 Å². The third-order valence-electron chi connectivity index (χ3n) is 5.44. The molecule has 2 N–H and O–H groups in total. The zero-order valence-corrected chi connectivity index (χ0v) is 13.9. The predicted molar refractivity (Wildman–Crippen MR) is 84.3 cm³/mol. The van der Waals surface area contributed by atoms with E-state index in [9.17, 15) is 8.42 Å². The summed E-state index contributed by atoms with van der Waals surface area (Å²) in [6.07, 6.45) is 9.01. The van der Waals surface area contributed by atoms with Crippen molar-refractivity contribution >= 4 is 10.2 Å². The fourth-order valence-corrected chi connectivity index (χ4v) is 4.84. The number of nitrogens with one attached hydrogen (secondary N) is 2. The molecule has 21 heavy (non-hydrogen) atoms. The van der Waals surface area contributed by atoms with E-state index < -0.39 is 10.2 Å². The molecule has 3 fully saturated rings. The highest BCUT2D eigenvalue weighted by Crippen LogP contribution is 2.48. The summed E-state index contributed by atoms with van der Waals surface area (Å²) in [6, 6.07) is 0.771. The molecule has 2 aliphatic carbocycles. The van der Waals surface area contributed by atoms with Gasteiger partial charge in [-0.1, -0.05) is 13.3 Å². The summed E-state index contributed by atoms with van der Waals surface area (Å²) < 4.78 is 29.9. The van der Waals surface area contributed by atoms with E-state index >= 15 is 0 Å². The molecule has 1 heterocycles. The Morgan fingerprint density at radius 2 is 1.95 bits per heavy atom. The Kier molecular flexibility index (Phi) is 4.60. The molecule has 0 bridgehead atoms. The van der Waals surface area contributed by atoms with Gasteiger partial charge in [-0.25, -0.2) is 4.72 Å². The Bertz CT molecular complexity index is 458. The van der Waals surface area contributed by atoms with Gasteiger partial charge in [0, 0.05) is 31.7 Å². The molecule has 1 atom stereocenters. The zero-order chi connectivity index (χ0) is 14.9. The van der Waals surface area contributed by atoms with Crippen LogP contribution in [0, 0.1) is 5.41 Å².